The maximum absolute atomic E-state index is 11.5. The van der Waals surface area contributed by atoms with E-state index in [2.05, 4.69) is 23.5 Å². The van der Waals surface area contributed by atoms with Crippen LogP contribution in [0.25, 0.3) is 11.1 Å². The van der Waals surface area contributed by atoms with E-state index in [-0.39, 0.29) is 0 Å². The van der Waals surface area contributed by atoms with Crippen molar-refractivity contribution in [2.24, 2.45) is 0 Å². The third-order valence-electron chi connectivity index (χ3n) is 3.89. The summed E-state index contributed by atoms with van der Waals surface area (Å²) in [4.78, 5) is 11.5. The van der Waals surface area contributed by atoms with Crippen LogP contribution in [0.5, 0.6) is 0 Å². The van der Waals surface area contributed by atoms with Crippen LogP contribution in [-0.2, 0) is 12.8 Å². The van der Waals surface area contributed by atoms with Crippen molar-refractivity contribution in [1.82, 2.24) is 0 Å². The van der Waals surface area contributed by atoms with Gasteiger partial charge in [0.05, 0.1) is 0 Å². The van der Waals surface area contributed by atoms with Gasteiger partial charge in [-0.1, -0.05) is 18.2 Å². The van der Waals surface area contributed by atoms with E-state index in [0.29, 0.717) is 10.6 Å². The molecule has 2 aromatic rings. The highest BCUT2D eigenvalue weighted by Crippen LogP contribution is 2.36. The Morgan fingerprint density at radius 3 is 2.70 bits per heavy atom. The molecule has 0 aliphatic heterocycles. The van der Waals surface area contributed by atoms with Crippen molar-refractivity contribution in [3.05, 3.63) is 40.3 Å². The zero-order valence-corrected chi connectivity index (χ0v) is 12.2. The number of carbonyl (C=O) groups is 1. The second-order valence-electron chi connectivity index (χ2n) is 5.10. The maximum atomic E-state index is 11.5. The molecule has 2 N–H and O–H groups in total. The summed E-state index contributed by atoms with van der Waals surface area (Å²) in [6, 6.07) is 6.38. The molecule has 1 aromatic carbocycles. The van der Waals surface area contributed by atoms with Gasteiger partial charge in [-0.3, -0.25) is 0 Å². The van der Waals surface area contributed by atoms with E-state index < -0.39 is 5.97 Å². The van der Waals surface area contributed by atoms with Gasteiger partial charge in [-0.2, -0.15) is 0 Å². The van der Waals surface area contributed by atoms with Crippen LogP contribution in [-0.4, -0.2) is 18.1 Å². The fourth-order valence-electron chi connectivity index (χ4n) is 2.87. The minimum atomic E-state index is -0.872. The molecule has 3 rings (SSSR count). The number of aryl methyl sites for hydroxylation is 2. The van der Waals surface area contributed by atoms with Gasteiger partial charge in [-0.15, -0.1) is 11.3 Å². The Bertz CT molecular complexity index is 660. The standard InChI is InChI=1S/C16H17NO2S/c1-17-15-14(16(18)19)13(9-20-15)12-7-6-10-4-2-3-5-11(10)8-12/h6-9,17H,2-5H2,1H3,(H,18,19). The van der Waals surface area contributed by atoms with Gasteiger partial charge in [-0.25, -0.2) is 4.79 Å². The number of thiophene rings is 1. The summed E-state index contributed by atoms with van der Waals surface area (Å²) >= 11 is 1.44. The zero-order chi connectivity index (χ0) is 14.1. The highest BCUT2D eigenvalue weighted by Gasteiger charge is 2.20. The SMILES string of the molecule is CNc1scc(-c2ccc3c(c2)CCCC3)c1C(=O)O. The van der Waals surface area contributed by atoms with Gasteiger partial charge in [-0.05, 0) is 42.4 Å². The van der Waals surface area contributed by atoms with Crippen LogP contribution in [0.15, 0.2) is 23.6 Å². The van der Waals surface area contributed by atoms with Crippen molar-refractivity contribution in [1.29, 1.82) is 0 Å². The van der Waals surface area contributed by atoms with Crippen molar-refractivity contribution in [2.45, 2.75) is 25.7 Å². The molecule has 0 fully saturated rings. The van der Waals surface area contributed by atoms with Gasteiger partial charge in [0.1, 0.15) is 10.6 Å². The summed E-state index contributed by atoms with van der Waals surface area (Å²) < 4.78 is 0. The van der Waals surface area contributed by atoms with Gasteiger partial charge < -0.3 is 10.4 Å². The topological polar surface area (TPSA) is 49.3 Å². The smallest absolute Gasteiger partial charge is 0.339 e. The van der Waals surface area contributed by atoms with Gasteiger partial charge in [0.15, 0.2) is 0 Å². The molecular weight excluding hydrogens is 270 g/mol. The van der Waals surface area contributed by atoms with Crippen LogP contribution >= 0.6 is 11.3 Å². The summed E-state index contributed by atoms with van der Waals surface area (Å²) in [5.41, 5.74) is 5.01. The molecule has 1 heterocycles. The number of aromatic carboxylic acids is 1. The molecule has 0 unspecified atom stereocenters. The first kappa shape index (κ1) is 13.2. The van der Waals surface area contributed by atoms with E-state index in [1.807, 2.05) is 5.38 Å². The Balaban J connectivity index is 2.09. The molecule has 1 aliphatic rings. The minimum absolute atomic E-state index is 0.383. The lowest BCUT2D eigenvalue weighted by molar-refractivity contribution is 0.0699. The largest absolute Gasteiger partial charge is 0.478 e. The van der Waals surface area contributed by atoms with E-state index in [1.54, 1.807) is 7.05 Å². The number of anilines is 1. The van der Waals surface area contributed by atoms with E-state index in [1.165, 1.54) is 35.3 Å². The average molecular weight is 287 g/mol. The minimum Gasteiger partial charge on any atom is -0.478 e. The van der Waals surface area contributed by atoms with Crippen LogP contribution in [0.3, 0.4) is 0 Å². The molecule has 1 aromatic heterocycles. The number of benzene rings is 1. The quantitative estimate of drug-likeness (QED) is 0.896. The van der Waals surface area contributed by atoms with Gasteiger partial charge in [0, 0.05) is 18.0 Å². The van der Waals surface area contributed by atoms with Crippen LogP contribution in [0.2, 0.25) is 0 Å². The molecule has 3 nitrogen and oxygen atoms in total. The van der Waals surface area contributed by atoms with Gasteiger partial charge in [0.25, 0.3) is 0 Å². The molecule has 0 radical (unpaired) electrons. The number of nitrogens with one attached hydrogen (secondary N) is 1. The summed E-state index contributed by atoms with van der Waals surface area (Å²) in [6.45, 7) is 0. The summed E-state index contributed by atoms with van der Waals surface area (Å²) in [6.07, 6.45) is 4.74. The third kappa shape index (κ3) is 2.20. The monoisotopic (exact) mass is 287 g/mol. The number of hydrogen-bond donors (Lipinski definition) is 2. The van der Waals surface area contributed by atoms with Crippen LogP contribution in [0, 0.1) is 0 Å². The molecular formula is C16H17NO2S. The zero-order valence-electron chi connectivity index (χ0n) is 11.4. The normalized spacial score (nSPS) is 13.8. The molecule has 0 bridgehead atoms. The van der Waals surface area contributed by atoms with Gasteiger partial charge >= 0.3 is 5.97 Å². The lowest BCUT2D eigenvalue weighted by Crippen LogP contribution is -2.04. The lowest BCUT2D eigenvalue weighted by Gasteiger charge is -2.16. The van der Waals surface area contributed by atoms with Crippen LogP contribution < -0.4 is 5.32 Å². The van der Waals surface area contributed by atoms with Crippen molar-refractivity contribution in [2.75, 3.05) is 12.4 Å². The molecule has 1 aliphatic carbocycles. The highest BCUT2D eigenvalue weighted by atomic mass is 32.1. The Kier molecular flexibility index (Phi) is 3.49. The van der Waals surface area contributed by atoms with E-state index >= 15 is 0 Å². The summed E-state index contributed by atoms with van der Waals surface area (Å²) in [5, 5.41) is 15.0. The fourth-order valence-corrected chi connectivity index (χ4v) is 3.79. The van der Waals surface area contributed by atoms with Crippen LogP contribution in [0.4, 0.5) is 5.00 Å². The number of rotatable bonds is 3. The number of fused-ring (bicyclic) bond motifs is 1. The van der Waals surface area contributed by atoms with Gasteiger partial charge in [0.2, 0.25) is 0 Å². The first-order valence-electron chi connectivity index (χ1n) is 6.85. The van der Waals surface area contributed by atoms with Crippen molar-refractivity contribution >= 4 is 22.3 Å². The second-order valence-corrected chi connectivity index (χ2v) is 5.98. The Morgan fingerprint density at radius 1 is 1.25 bits per heavy atom. The molecule has 4 heteroatoms. The number of carboxylic acid groups (broad SMARTS) is 1. The van der Waals surface area contributed by atoms with E-state index in [0.717, 1.165) is 24.0 Å². The highest BCUT2D eigenvalue weighted by molar-refractivity contribution is 7.15. The second kappa shape index (κ2) is 5.29. The summed E-state index contributed by atoms with van der Waals surface area (Å²) in [7, 11) is 1.76. The first-order valence-corrected chi connectivity index (χ1v) is 7.73. The van der Waals surface area contributed by atoms with Crippen LogP contribution in [0.1, 0.15) is 34.3 Å². The molecule has 0 atom stereocenters. The average Bonchev–Trinajstić information content (AvgIpc) is 2.91. The predicted molar refractivity (Wildman–Crippen MR) is 82.9 cm³/mol. The Labute approximate surface area is 122 Å². The predicted octanol–water partition coefficient (Wildman–Crippen LogP) is 4.03. The molecule has 20 heavy (non-hydrogen) atoms. The number of carboxylic acids is 1. The maximum Gasteiger partial charge on any atom is 0.339 e. The fraction of sp³-hybridized carbons (Fsp3) is 0.312. The lowest BCUT2D eigenvalue weighted by atomic mass is 9.89. The Hall–Kier alpha value is -1.81. The van der Waals surface area contributed by atoms with E-state index in [4.69, 9.17) is 0 Å². The Morgan fingerprint density at radius 2 is 2.00 bits per heavy atom. The molecule has 104 valence electrons. The number of hydrogen-bond acceptors (Lipinski definition) is 3. The molecule has 0 amide bonds. The van der Waals surface area contributed by atoms with E-state index in [9.17, 15) is 9.90 Å². The van der Waals surface area contributed by atoms with Crippen molar-refractivity contribution < 1.29 is 9.90 Å². The van der Waals surface area contributed by atoms with Crippen molar-refractivity contribution in [3.8, 4) is 11.1 Å². The summed E-state index contributed by atoms with van der Waals surface area (Å²) in [5.74, 6) is -0.872. The third-order valence-corrected chi connectivity index (χ3v) is 4.89. The van der Waals surface area contributed by atoms with Crippen molar-refractivity contribution in [3.63, 3.8) is 0 Å². The first-order chi connectivity index (χ1) is 9.70. The molecule has 0 spiro atoms. The molecule has 0 saturated carbocycles. The molecule has 0 saturated heterocycles.